The van der Waals surface area contributed by atoms with Crippen LogP contribution in [-0.4, -0.2) is 17.1 Å². The van der Waals surface area contributed by atoms with E-state index >= 15 is 0 Å². The van der Waals surface area contributed by atoms with Gasteiger partial charge in [-0.3, -0.25) is 4.79 Å². The van der Waals surface area contributed by atoms with Crippen LogP contribution in [-0.2, 0) is 4.79 Å². The molecule has 0 amide bonds. The Bertz CT molecular complexity index is 436. The normalized spacial score (nSPS) is 23.0. The molecule has 0 aliphatic heterocycles. The molecule has 1 fully saturated rings. The van der Waals surface area contributed by atoms with Crippen LogP contribution < -0.4 is 5.32 Å². The van der Waals surface area contributed by atoms with Crippen molar-refractivity contribution in [2.45, 2.75) is 32.7 Å². The Morgan fingerprint density at radius 3 is 2.35 bits per heavy atom. The van der Waals surface area contributed by atoms with E-state index in [0.29, 0.717) is 0 Å². The molecule has 17 heavy (non-hydrogen) atoms. The van der Waals surface area contributed by atoms with Crippen LogP contribution in [0.2, 0.25) is 0 Å². The van der Waals surface area contributed by atoms with Gasteiger partial charge < -0.3 is 10.4 Å². The van der Waals surface area contributed by atoms with Crippen LogP contribution in [0.5, 0.6) is 0 Å². The molecule has 1 aliphatic rings. The number of halogens is 1. The molecule has 0 spiro atoms. The van der Waals surface area contributed by atoms with E-state index in [4.69, 9.17) is 5.11 Å². The van der Waals surface area contributed by atoms with Crippen molar-refractivity contribution in [3.8, 4) is 0 Å². The van der Waals surface area contributed by atoms with Gasteiger partial charge in [-0.25, -0.2) is 0 Å². The van der Waals surface area contributed by atoms with Crippen molar-refractivity contribution < 1.29 is 9.90 Å². The van der Waals surface area contributed by atoms with Crippen LogP contribution in [0.1, 0.15) is 24.0 Å². The molecule has 0 aromatic heterocycles. The fourth-order valence-electron chi connectivity index (χ4n) is 2.29. The Morgan fingerprint density at radius 1 is 1.35 bits per heavy atom. The summed E-state index contributed by atoms with van der Waals surface area (Å²) < 4.78 is 1.06. The number of aryl methyl sites for hydroxylation is 2. The van der Waals surface area contributed by atoms with Crippen LogP contribution in [0.25, 0.3) is 0 Å². The lowest BCUT2D eigenvalue weighted by Crippen LogP contribution is -2.43. The standard InChI is InChI=1S/C13H16BrNO2/c1-7-5-9(14)6-8(2)12(7)15-11-4-3-10(11)13(16)17/h5-6,10-11,15H,3-4H2,1-2H3,(H,16,17). The third kappa shape index (κ3) is 2.46. The number of rotatable bonds is 3. The minimum atomic E-state index is -0.693. The second-order valence-corrected chi connectivity index (χ2v) is 5.60. The SMILES string of the molecule is Cc1cc(Br)cc(C)c1NC1CCC1C(=O)O. The smallest absolute Gasteiger partial charge is 0.308 e. The number of benzene rings is 1. The van der Waals surface area contributed by atoms with Gasteiger partial charge in [0, 0.05) is 16.2 Å². The highest BCUT2D eigenvalue weighted by atomic mass is 79.9. The van der Waals surface area contributed by atoms with Crippen molar-refractivity contribution in [3.05, 3.63) is 27.7 Å². The van der Waals surface area contributed by atoms with Crippen molar-refractivity contribution in [1.29, 1.82) is 0 Å². The molecule has 1 aliphatic carbocycles. The van der Waals surface area contributed by atoms with E-state index in [9.17, 15) is 4.79 Å². The third-order valence-corrected chi connectivity index (χ3v) is 3.88. The summed E-state index contributed by atoms with van der Waals surface area (Å²) >= 11 is 3.46. The summed E-state index contributed by atoms with van der Waals surface area (Å²) in [5.41, 5.74) is 3.37. The van der Waals surface area contributed by atoms with Gasteiger partial charge in [0.25, 0.3) is 0 Å². The first-order valence-electron chi connectivity index (χ1n) is 5.75. The summed E-state index contributed by atoms with van der Waals surface area (Å²) in [6.45, 7) is 4.07. The Balaban J connectivity index is 2.17. The fraction of sp³-hybridized carbons (Fsp3) is 0.462. The molecule has 2 unspecified atom stereocenters. The second kappa shape index (κ2) is 4.69. The van der Waals surface area contributed by atoms with Gasteiger partial charge in [-0.2, -0.15) is 0 Å². The summed E-state index contributed by atoms with van der Waals surface area (Å²) in [6, 6.07) is 4.17. The first-order valence-corrected chi connectivity index (χ1v) is 6.54. The summed E-state index contributed by atoms with van der Waals surface area (Å²) in [7, 11) is 0. The van der Waals surface area contributed by atoms with Crippen LogP contribution >= 0.6 is 15.9 Å². The van der Waals surface area contributed by atoms with Gasteiger partial charge in [-0.15, -0.1) is 0 Å². The van der Waals surface area contributed by atoms with E-state index in [0.717, 1.165) is 34.1 Å². The zero-order chi connectivity index (χ0) is 12.6. The minimum absolute atomic E-state index is 0.0751. The molecule has 1 aromatic rings. The van der Waals surface area contributed by atoms with E-state index in [1.54, 1.807) is 0 Å². The molecule has 3 nitrogen and oxygen atoms in total. The molecule has 4 heteroatoms. The topological polar surface area (TPSA) is 49.3 Å². The molecule has 2 atom stereocenters. The van der Waals surface area contributed by atoms with E-state index in [-0.39, 0.29) is 12.0 Å². The molecule has 2 rings (SSSR count). The Morgan fingerprint density at radius 2 is 1.94 bits per heavy atom. The van der Waals surface area contributed by atoms with Gasteiger partial charge in [0.2, 0.25) is 0 Å². The molecule has 1 saturated carbocycles. The lowest BCUT2D eigenvalue weighted by Gasteiger charge is -2.35. The summed E-state index contributed by atoms with van der Waals surface area (Å²) in [5.74, 6) is -0.932. The predicted octanol–water partition coefficient (Wildman–Crippen LogP) is 3.34. The molecule has 92 valence electrons. The van der Waals surface area contributed by atoms with Crippen molar-refractivity contribution in [2.24, 2.45) is 5.92 Å². The van der Waals surface area contributed by atoms with Crippen molar-refractivity contribution >= 4 is 27.6 Å². The highest BCUT2D eigenvalue weighted by molar-refractivity contribution is 9.10. The number of carboxylic acids is 1. The third-order valence-electron chi connectivity index (χ3n) is 3.42. The minimum Gasteiger partial charge on any atom is -0.481 e. The molecule has 1 aromatic carbocycles. The number of nitrogens with one attached hydrogen (secondary N) is 1. The number of anilines is 1. The van der Waals surface area contributed by atoms with E-state index in [1.165, 1.54) is 0 Å². The Hall–Kier alpha value is -1.03. The quantitative estimate of drug-likeness (QED) is 0.899. The van der Waals surface area contributed by atoms with Crippen LogP contribution in [0.15, 0.2) is 16.6 Å². The summed E-state index contributed by atoms with van der Waals surface area (Å²) in [4.78, 5) is 11.0. The van der Waals surface area contributed by atoms with Gasteiger partial charge >= 0.3 is 5.97 Å². The molecule has 2 N–H and O–H groups in total. The second-order valence-electron chi connectivity index (χ2n) is 4.69. The predicted molar refractivity (Wildman–Crippen MR) is 71.4 cm³/mol. The zero-order valence-electron chi connectivity index (χ0n) is 9.96. The maximum absolute atomic E-state index is 11.0. The lowest BCUT2D eigenvalue weighted by molar-refractivity contribution is -0.144. The fourth-order valence-corrected chi connectivity index (χ4v) is 2.98. The number of carboxylic acid groups (broad SMARTS) is 1. The molecule has 0 heterocycles. The van der Waals surface area contributed by atoms with Gasteiger partial charge in [0.15, 0.2) is 0 Å². The maximum Gasteiger partial charge on any atom is 0.308 e. The van der Waals surface area contributed by atoms with E-state index in [1.807, 2.05) is 26.0 Å². The van der Waals surface area contributed by atoms with E-state index in [2.05, 4.69) is 21.2 Å². The van der Waals surface area contributed by atoms with Crippen LogP contribution in [0, 0.1) is 19.8 Å². The molecule has 0 bridgehead atoms. The van der Waals surface area contributed by atoms with Crippen molar-refractivity contribution in [1.82, 2.24) is 0 Å². The van der Waals surface area contributed by atoms with Crippen molar-refractivity contribution in [3.63, 3.8) is 0 Å². The van der Waals surface area contributed by atoms with Crippen molar-refractivity contribution in [2.75, 3.05) is 5.32 Å². The number of carbonyl (C=O) groups is 1. The van der Waals surface area contributed by atoms with Gasteiger partial charge in [-0.1, -0.05) is 15.9 Å². The number of hydrogen-bond acceptors (Lipinski definition) is 2. The Kier molecular flexibility index (Phi) is 3.43. The maximum atomic E-state index is 11.0. The summed E-state index contributed by atoms with van der Waals surface area (Å²) in [6.07, 6.45) is 1.72. The zero-order valence-corrected chi connectivity index (χ0v) is 11.5. The monoisotopic (exact) mass is 297 g/mol. The molecule has 0 radical (unpaired) electrons. The highest BCUT2D eigenvalue weighted by Crippen LogP contribution is 2.33. The lowest BCUT2D eigenvalue weighted by atomic mass is 9.79. The highest BCUT2D eigenvalue weighted by Gasteiger charge is 2.36. The first-order chi connectivity index (χ1) is 7.99. The number of aliphatic carboxylic acids is 1. The van der Waals surface area contributed by atoms with Gasteiger partial charge in [0.1, 0.15) is 0 Å². The van der Waals surface area contributed by atoms with E-state index < -0.39 is 5.97 Å². The summed E-state index contributed by atoms with van der Waals surface area (Å²) in [5, 5.41) is 12.4. The first kappa shape index (κ1) is 12.4. The average Bonchev–Trinajstić information content (AvgIpc) is 2.12. The Labute approximate surface area is 109 Å². The van der Waals surface area contributed by atoms with Gasteiger partial charge in [-0.05, 0) is 49.9 Å². The van der Waals surface area contributed by atoms with Crippen LogP contribution in [0.3, 0.4) is 0 Å². The molecular weight excluding hydrogens is 282 g/mol. The van der Waals surface area contributed by atoms with Crippen LogP contribution in [0.4, 0.5) is 5.69 Å². The molecular formula is C13H16BrNO2. The van der Waals surface area contributed by atoms with Gasteiger partial charge in [0.05, 0.1) is 5.92 Å². The number of hydrogen-bond donors (Lipinski definition) is 2. The molecule has 0 saturated heterocycles. The largest absolute Gasteiger partial charge is 0.481 e. The average molecular weight is 298 g/mol.